The van der Waals surface area contributed by atoms with Crippen molar-refractivity contribution in [2.45, 2.75) is 60.7 Å². The Labute approximate surface area is 298 Å². The van der Waals surface area contributed by atoms with Gasteiger partial charge in [-0.3, -0.25) is 9.80 Å². The summed E-state index contributed by atoms with van der Waals surface area (Å²) in [7, 11) is 3.43. The number of aromatic hydroxyl groups is 1. The number of phenols is 1. The number of methoxy groups -OCH3 is 1. The smallest absolute Gasteiger partial charge is 0.504 e. The summed E-state index contributed by atoms with van der Waals surface area (Å²) >= 11 is 17.4. The third kappa shape index (κ3) is 6.14. The molecule has 2 aromatic carbocycles. The number of fused-ring (bicyclic) bond motifs is 9. The van der Waals surface area contributed by atoms with Gasteiger partial charge in [0.15, 0.2) is 23.0 Å². The number of ether oxygens (including phenoxy) is 6. The number of hydrogen-bond acceptors (Lipinski definition) is 12. The molecule has 0 aliphatic carbocycles. The van der Waals surface area contributed by atoms with Crippen molar-refractivity contribution in [1.82, 2.24) is 15.1 Å². The Morgan fingerprint density at radius 1 is 1.16 bits per heavy atom. The molecule has 1 unspecified atom stereocenters. The van der Waals surface area contributed by atoms with Crippen molar-refractivity contribution < 1.29 is 43.1 Å². The second kappa shape index (κ2) is 13.5. The largest absolute Gasteiger partial charge is 0.514 e. The number of halogens is 3. The number of hydrogen-bond donors (Lipinski definition) is 2. The van der Waals surface area contributed by atoms with E-state index in [0.29, 0.717) is 45.9 Å². The Morgan fingerprint density at radius 3 is 2.57 bits per heavy atom. The number of nitrogens with one attached hydrogen (secondary N) is 1. The van der Waals surface area contributed by atoms with Crippen LogP contribution in [0.25, 0.3) is 0 Å². The number of nitriles is 1. The summed E-state index contributed by atoms with van der Waals surface area (Å²) in [6, 6.07) is 1.84. The van der Waals surface area contributed by atoms with E-state index in [1.807, 2.05) is 24.9 Å². The molecular formula is C33H35Cl3N4O9. The maximum atomic E-state index is 12.9. The lowest BCUT2D eigenvalue weighted by Gasteiger charge is -2.60. The second-order valence-corrected chi connectivity index (χ2v) is 14.8. The number of piperazine rings is 1. The Kier molecular flexibility index (Phi) is 9.65. The molecule has 1 saturated heterocycles. The first-order valence-corrected chi connectivity index (χ1v) is 16.6. The number of phenolic OH excluding ortho intramolecular Hbond substituents is 1. The summed E-state index contributed by atoms with van der Waals surface area (Å²) in [6.07, 6.45) is 0.332. The van der Waals surface area contributed by atoms with E-state index < -0.39 is 46.8 Å². The molecule has 49 heavy (non-hydrogen) atoms. The Hall–Kier alpha value is -3.80. The fraction of sp³-hybridized carbons (Fsp3) is 0.485. The highest BCUT2D eigenvalue weighted by atomic mass is 35.6. The second-order valence-electron chi connectivity index (χ2n) is 12.3. The Balaban J connectivity index is 1.54. The van der Waals surface area contributed by atoms with Crippen molar-refractivity contribution in [3.05, 3.63) is 52.1 Å². The van der Waals surface area contributed by atoms with Gasteiger partial charge in [0.25, 0.3) is 0 Å². The summed E-state index contributed by atoms with van der Waals surface area (Å²) in [6.45, 7) is 6.44. The minimum absolute atomic E-state index is 0.0188. The van der Waals surface area contributed by atoms with Crippen LogP contribution < -0.4 is 24.3 Å². The number of carbonyl (C=O) groups excluding carboxylic acids is 2. The van der Waals surface area contributed by atoms with Crippen LogP contribution in [0, 0.1) is 25.2 Å². The average molecular weight is 738 g/mol. The zero-order valence-corrected chi connectivity index (χ0v) is 29.4. The molecule has 4 aliphatic heterocycles. The Bertz CT molecular complexity index is 1740. The monoisotopic (exact) mass is 736 g/mol. The van der Waals surface area contributed by atoms with E-state index in [0.717, 1.165) is 11.1 Å². The van der Waals surface area contributed by atoms with Crippen molar-refractivity contribution >= 4 is 47.1 Å². The van der Waals surface area contributed by atoms with Crippen LogP contribution in [0.5, 0.6) is 28.7 Å². The number of alkyl carbamates (subject to hydrolysis) is 1. The van der Waals surface area contributed by atoms with Gasteiger partial charge < -0.3 is 38.8 Å². The average Bonchev–Trinajstić information content (AvgIpc) is 3.54. The van der Waals surface area contributed by atoms with Crippen LogP contribution in [0.1, 0.15) is 45.5 Å². The van der Waals surface area contributed by atoms with E-state index in [9.17, 15) is 20.0 Å². The predicted molar refractivity (Wildman–Crippen MR) is 178 cm³/mol. The van der Waals surface area contributed by atoms with Crippen LogP contribution in [0.15, 0.2) is 18.7 Å². The summed E-state index contributed by atoms with van der Waals surface area (Å²) < 4.78 is 31.9. The number of carbonyl (C=O) groups is 2. The topological polar surface area (TPSA) is 152 Å². The van der Waals surface area contributed by atoms with Crippen molar-refractivity contribution in [3.63, 3.8) is 0 Å². The summed E-state index contributed by atoms with van der Waals surface area (Å²) in [4.78, 5) is 30.0. The molecule has 0 radical (unpaired) electrons. The van der Waals surface area contributed by atoms with Gasteiger partial charge >= 0.3 is 12.2 Å². The number of aryl methyl sites for hydroxylation is 1. The van der Waals surface area contributed by atoms with E-state index in [1.54, 1.807) is 6.92 Å². The molecule has 16 heteroatoms. The van der Waals surface area contributed by atoms with Gasteiger partial charge in [0.1, 0.15) is 25.0 Å². The van der Waals surface area contributed by atoms with Gasteiger partial charge in [0, 0.05) is 40.9 Å². The number of nitrogens with zero attached hydrogens (tertiary/aromatic N) is 3. The predicted octanol–water partition coefficient (Wildman–Crippen LogP) is 5.32. The van der Waals surface area contributed by atoms with Crippen molar-refractivity contribution in [2.24, 2.45) is 0 Å². The molecule has 4 heterocycles. The zero-order valence-electron chi connectivity index (χ0n) is 27.2. The minimum atomic E-state index is -1.83. The number of benzene rings is 2. The number of alkyl halides is 3. The third-order valence-corrected chi connectivity index (χ3v) is 9.90. The maximum absolute atomic E-state index is 12.9. The van der Waals surface area contributed by atoms with Crippen LogP contribution in [0.2, 0.25) is 0 Å². The number of likely N-dealkylation sites (N-methyl/N-ethyl adjacent to an activating group) is 1. The van der Waals surface area contributed by atoms with Crippen LogP contribution in [0.3, 0.4) is 0 Å². The van der Waals surface area contributed by atoms with Crippen molar-refractivity contribution in [3.8, 4) is 34.8 Å². The van der Waals surface area contributed by atoms with Crippen LogP contribution in [0.4, 0.5) is 9.59 Å². The molecule has 6 rings (SSSR count). The Morgan fingerprint density at radius 2 is 1.90 bits per heavy atom. The van der Waals surface area contributed by atoms with Crippen molar-refractivity contribution in [2.75, 3.05) is 40.7 Å². The number of amides is 1. The lowest BCUT2D eigenvalue weighted by atomic mass is 9.71. The quantitative estimate of drug-likeness (QED) is 0.164. The molecule has 1 amide bonds. The van der Waals surface area contributed by atoms with E-state index in [4.69, 9.17) is 63.2 Å². The standard InChI is InChI=1S/C33H35Cl3N4O9/c1-6-7-45-32(43)49-28-16(3)29-30(48-14-47-29)24-18(28)10-20-25-23-17(8-15(2)27(44-5)26(23)41)9-19(39(25)4)21(11-37)40(20)22(24)12-38-31(42)46-13-33(34,35)36/h6,8,19-22,25,41H,1,7,9-10,12-14H2,2-5H3,(H,38,42)/t19-,20?,21-,22-,25+/m0/s1. The SMILES string of the molecule is C=CCOC(=O)Oc1c(C)c2c(c3c1CC1[C@@H]4c5c(cc(C)c(OC)c5O)C[C@@H]([C@H](C#N)N1[C@H]3CNC(=O)OCC(Cl)(Cl)Cl)N4C)OCO2. The van der Waals surface area contributed by atoms with E-state index in [-0.39, 0.29) is 43.9 Å². The highest BCUT2D eigenvalue weighted by Crippen LogP contribution is 2.58. The molecule has 5 atom stereocenters. The highest BCUT2D eigenvalue weighted by Gasteiger charge is 2.57. The lowest BCUT2D eigenvalue weighted by Crippen LogP contribution is -2.68. The van der Waals surface area contributed by atoms with Crippen LogP contribution in [-0.2, 0) is 22.3 Å². The number of rotatable bonds is 7. The van der Waals surface area contributed by atoms with E-state index in [2.05, 4.69) is 22.9 Å². The van der Waals surface area contributed by atoms with Gasteiger partial charge in [0.2, 0.25) is 10.6 Å². The van der Waals surface area contributed by atoms with Gasteiger partial charge in [-0.05, 0) is 44.9 Å². The van der Waals surface area contributed by atoms with Crippen molar-refractivity contribution in [1.29, 1.82) is 5.26 Å². The van der Waals surface area contributed by atoms with Gasteiger partial charge in [-0.15, -0.1) is 0 Å². The van der Waals surface area contributed by atoms with Gasteiger partial charge in [-0.2, -0.15) is 5.26 Å². The zero-order chi connectivity index (χ0) is 35.4. The van der Waals surface area contributed by atoms with Gasteiger partial charge in [0.05, 0.1) is 25.3 Å². The lowest BCUT2D eigenvalue weighted by molar-refractivity contribution is -0.0723. The van der Waals surface area contributed by atoms with E-state index >= 15 is 0 Å². The molecule has 2 bridgehead atoms. The first kappa shape index (κ1) is 35.0. The summed E-state index contributed by atoms with van der Waals surface area (Å²) in [5.74, 6) is 1.35. The molecule has 0 aromatic heterocycles. The molecule has 4 aliphatic rings. The summed E-state index contributed by atoms with van der Waals surface area (Å²) in [5.41, 5.74) is 4.02. The molecule has 2 aromatic rings. The highest BCUT2D eigenvalue weighted by molar-refractivity contribution is 6.67. The third-order valence-electron chi connectivity index (χ3n) is 9.58. The minimum Gasteiger partial charge on any atom is -0.504 e. The molecule has 13 nitrogen and oxygen atoms in total. The maximum Gasteiger partial charge on any atom is 0.514 e. The van der Waals surface area contributed by atoms with Gasteiger partial charge in [-0.1, -0.05) is 53.5 Å². The fourth-order valence-corrected chi connectivity index (χ4v) is 7.95. The molecule has 1 fully saturated rings. The normalized spacial score (nSPS) is 23.7. The van der Waals surface area contributed by atoms with E-state index in [1.165, 1.54) is 13.2 Å². The van der Waals surface area contributed by atoms with Gasteiger partial charge in [-0.25, -0.2) is 9.59 Å². The molecule has 0 spiro atoms. The fourth-order valence-electron chi connectivity index (χ4n) is 7.79. The molecule has 0 saturated carbocycles. The molecular weight excluding hydrogens is 703 g/mol. The summed E-state index contributed by atoms with van der Waals surface area (Å²) in [5, 5.41) is 25.3. The van der Waals surface area contributed by atoms with Crippen LogP contribution >= 0.6 is 34.8 Å². The molecule has 2 N–H and O–H groups in total. The first-order valence-electron chi connectivity index (χ1n) is 15.5. The van der Waals surface area contributed by atoms with Crippen LogP contribution in [-0.4, -0.2) is 89.8 Å². The molecule has 262 valence electrons. The first-order chi connectivity index (χ1) is 23.3.